The number of carbonyl (C=O) groups is 2. The molecule has 3 fully saturated rings. The van der Waals surface area contributed by atoms with Gasteiger partial charge in [0.1, 0.15) is 0 Å². The first-order valence-electron chi connectivity index (χ1n) is 10.4. The van der Waals surface area contributed by atoms with Gasteiger partial charge in [-0.3, -0.25) is 14.5 Å². The Labute approximate surface area is 165 Å². The molecule has 2 bridgehead atoms. The molecule has 4 atom stereocenters. The SMILES string of the molecule is NC(=O)C1C2CCC(C2)C1C(=O)NCCCN1CCN(c2ncccn2)CC1. The molecular formula is C20H30N6O2. The highest BCUT2D eigenvalue weighted by molar-refractivity contribution is 5.88. The Morgan fingerprint density at radius 1 is 1.07 bits per heavy atom. The second-order valence-corrected chi connectivity index (χ2v) is 8.31. The second kappa shape index (κ2) is 8.43. The molecule has 8 nitrogen and oxygen atoms in total. The third-order valence-electron chi connectivity index (χ3n) is 6.71. The largest absolute Gasteiger partial charge is 0.369 e. The molecule has 1 aromatic heterocycles. The Kier molecular flexibility index (Phi) is 5.75. The number of hydrogen-bond acceptors (Lipinski definition) is 6. The third kappa shape index (κ3) is 3.97. The summed E-state index contributed by atoms with van der Waals surface area (Å²) in [5, 5.41) is 3.06. The van der Waals surface area contributed by atoms with Gasteiger partial charge >= 0.3 is 0 Å². The standard InChI is InChI=1S/C20H30N6O2/c21-18(27)16-14-3-4-15(13-14)17(16)19(28)22-7-2-8-25-9-11-26(12-10-25)20-23-5-1-6-24-20/h1,5-6,14-17H,2-4,7-13H2,(H2,21,27)(H,22,28). The molecule has 0 spiro atoms. The monoisotopic (exact) mass is 386 g/mol. The molecule has 2 amide bonds. The minimum atomic E-state index is -0.299. The molecule has 2 heterocycles. The minimum absolute atomic E-state index is 0.0297. The highest BCUT2D eigenvalue weighted by Gasteiger charge is 2.53. The maximum absolute atomic E-state index is 12.6. The second-order valence-electron chi connectivity index (χ2n) is 8.31. The fraction of sp³-hybridized carbons (Fsp3) is 0.700. The first kappa shape index (κ1) is 19.1. The molecule has 4 unspecified atom stereocenters. The van der Waals surface area contributed by atoms with E-state index in [1.807, 2.05) is 6.07 Å². The van der Waals surface area contributed by atoms with Crippen molar-refractivity contribution >= 4 is 17.8 Å². The molecule has 0 radical (unpaired) electrons. The van der Waals surface area contributed by atoms with Crippen molar-refractivity contribution in [2.45, 2.75) is 25.7 Å². The van der Waals surface area contributed by atoms with E-state index >= 15 is 0 Å². The van der Waals surface area contributed by atoms with Crippen LogP contribution in [0.2, 0.25) is 0 Å². The average molecular weight is 387 g/mol. The number of rotatable bonds is 7. The molecule has 8 heteroatoms. The van der Waals surface area contributed by atoms with Crippen molar-refractivity contribution < 1.29 is 9.59 Å². The Morgan fingerprint density at radius 2 is 1.75 bits per heavy atom. The van der Waals surface area contributed by atoms with E-state index < -0.39 is 0 Å². The predicted octanol–water partition coefficient (Wildman–Crippen LogP) is 0.253. The van der Waals surface area contributed by atoms with Gasteiger partial charge in [0.2, 0.25) is 17.8 Å². The van der Waals surface area contributed by atoms with Crippen molar-refractivity contribution in [3.63, 3.8) is 0 Å². The normalized spacial score (nSPS) is 29.8. The number of piperazine rings is 1. The van der Waals surface area contributed by atoms with E-state index in [1.54, 1.807) is 12.4 Å². The number of nitrogens with zero attached hydrogens (tertiary/aromatic N) is 4. The maximum Gasteiger partial charge on any atom is 0.225 e. The van der Waals surface area contributed by atoms with Crippen LogP contribution in [-0.4, -0.2) is 66.0 Å². The number of hydrogen-bond donors (Lipinski definition) is 2. The molecule has 4 rings (SSSR count). The van der Waals surface area contributed by atoms with Crippen LogP contribution in [0.5, 0.6) is 0 Å². The van der Waals surface area contributed by atoms with E-state index in [1.165, 1.54) is 0 Å². The maximum atomic E-state index is 12.6. The van der Waals surface area contributed by atoms with Crippen LogP contribution in [0.15, 0.2) is 18.5 Å². The van der Waals surface area contributed by atoms with Crippen molar-refractivity contribution in [2.75, 3.05) is 44.2 Å². The van der Waals surface area contributed by atoms with Gasteiger partial charge < -0.3 is 16.0 Å². The van der Waals surface area contributed by atoms with Crippen molar-refractivity contribution in [3.05, 3.63) is 18.5 Å². The zero-order chi connectivity index (χ0) is 19.5. The first-order valence-corrected chi connectivity index (χ1v) is 10.4. The van der Waals surface area contributed by atoms with E-state index in [4.69, 9.17) is 5.73 Å². The van der Waals surface area contributed by atoms with Gasteiger partial charge in [0.05, 0.1) is 11.8 Å². The van der Waals surface area contributed by atoms with Crippen LogP contribution in [0.1, 0.15) is 25.7 Å². The summed E-state index contributed by atoms with van der Waals surface area (Å²) < 4.78 is 0. The van der Waals surface area contributed by atoms with E-state index in [9.17, 15) is 9.59 Å². The summed E-state index contributed by atoms with van der Waals surface area (Å²) in [6.45, 7) is 5.40. The fourth-order valence-corrected chi connectivity index (χ4v) is 5.34. The molecular weight excluding hydrogens is 356 g/mol. The van der Waals surface area contributed by atoms with Crippen molar-refractivity contribution in [1.82, 2.24) is 20.2 Å². The van der Waals surface area contributed by atoms with E-state index in [2.05, 4.69) is 25.1 Å². The quantitative estimate of drug-likeness (QED) is 0.651. The highest BCUT2D eigenvalue weighted by Crippen LogP contribution is 2.52. The first-order chi connectivity index (χ1) is 13.6. The van der Waals surface area contributed by atoms with Crippen molar-refractivity contribution in [3.8, 4) is 0 Å². The van der Waals surface area contributed by atoms with Crippen molar-refractivity contribution in [2.24, 2.45) is 29.4 Å². The summed E-state index contributed by atoms with van der Waals surface area (Å²) in [7, 11) is 0. The summed E-state index contributed by atoms with van der Waals surface area (Å²) in [5.41, 5.74) is 5.58. The zero-order valence-corrected chi connectivity index (χ0v) is 16.3. The fourth-order valence-electron chi connectivity index (χ4n) is 5.34. The molecule has 2 aliphatic carbocycles. The number of nitrogens with two attached hydrogens (primary N) is 1. The lowest BCUT2D eigenvalue weighted by Crippen LogP contribution is -2.48. The molecule has 0 aromatic carbocycles. The molecule has 2 saturated carbocycles. The Balaban J connectivity index is 1.16. The molecule has 152 valence electrons. The van der Waals surface area contributed by atoms with Crippen LogP contribution < -0.4 is 16.0 Å². The molecule has 3 aliphatic rings. The topological polar surface area (TPSA) is 104 Å². The zero-order valence-electron chi connectivity index (χ0n) is 16.3. The number of aromatic nitrogens is 2. The number of fused-ring (bicyclic) bond motifs is 2. The summed E-state index contributed by atoms with van der Waals surface area (Å²) in [6.07, 6.45) is 7.55. The van der Waals surface area contributed by atoms with Gasteiger partial charge in [0, 0.05) is 45.1 Å². The Morgan fingerprint density at radius 3 is 2.43 bits per heavy atom. The van der Waals surface area contributed by atoms with Gasteiger partial charge in [0.15, 0.2) is 0 Å². The molecule has 1 aliphatic heterocycles. The minimum Gasteiger partial charge on any atom is -0.369 e. The van der Waals surface area contributed by atoms with Gasteiger partial charge in [-0.05, 0) is 50.1 Å². The molecule has 28 heavy (non-hydrogen) atoms. The van der Waals surface area contributed by atoms with Gasteiger partial charge in [-0.2, -0.15) is 0 Å². The van der Waals surface area contributed by atoms with Gasteiger partial charge in [0.25, 0.3) is 0 Å². The number of primary amides is 1. The predicted molar refractivity (Wildman–Crippen MR) is 105 cm³/mol. The lowest BCUT2D eigenvalue weighted by molar-refractivity contribution is -0.135. The Bertz CT molecular complexity index is 691. The lowest BCUT2D eigenvalue weighted by atomic mass is 9.78. The van der Waals surface area contributed by atoms with Crippen LogP contribution in [0.25, 0.3) is 0 Å². The van der Waals surface area contributed by atoms with Gasteiger partial charge in [-0.1, -0.05) is 0 Å². The van der Waals surface area contributed by atoms with Crippen molar-refractivity contribution in [1.29, 1.82) is 0 Å². The summed E-state index contributed by atoms with van der Waals surface area (Å²) in [6, 6.07) is 1.83. The van der Waals surface area contributed by atoms with Gasteiger partial charge in [-0.25, -0.2) is 9.97 Å². The van der Waals surface area contributed by atoms with E-state index in [0.29, 0.717) is 18.4 Å². The summed E-state index contributed by atoms with van der Waals surface area (Å²) in [5.74, 6) is 0.732. The number of amides is 2. The number of carbonyl (C=O) groups excluding carboxylic acids is 2. The summed E-state index contributed by atoms with van der Waals surface area (Å²) in [4.78, 5) is 37.7. The summed E-state index contributed by atoms with van der Waals surface area (Å²) >= 11 is 0. The van der Waals surface area contributed by atoms with Crippen LogP contribution in [0.4, 0.5) is 5.95 Å². The van der Waals surface area contributed by atoms with Crippen LogP contribution in [-0.2, 0) is 9.59 Å². The van der Waals surface area contributed by atoms with E-state index in [0.717, 1.165) is 64.4 Å². The smallest absolute Gasteiger partial charge is 0.225 e. The van der Waals surface area contributed by atoms with Crippen LogP contribution >= 0.6 is 0 Å². The Hall–Kier alpha value is -2.22. The van der Waals surface area contributed by atoms with Crippen LogP contribution in [0, 0.1) is 23.7 Å². The number of nitrogens with one attached hydrogen (secondary N) is 1. The number of anilines is 1. The molecule has 3 N–H and O–H groups in total. The van der Waals surface area contributed by atoms with Gasteiger partial charge in [-0.15, -0.1) is 0 Å². The van der Waals surface area contributed by atoms with E-state index in [-0.39, 0.29) is 23.7 Å². The van der Waals surface area contributed by atoms with Crippen LogP contribution in [0.3, 0.4) is 0 Å². The molecule has 1 saturated heterocycles. The molecule has 1 aromatic rings. The highest BCUT2D eigenvalue weighted by atomic mass is 16.2. The third-order valence-corrected chi connectivity index (χ3v) is 6.71. The average Bonchev–Trinajstić information content (AvgIpc) is 3.34. The lowest BCUT2D eigenvalue weighted by Gasteiger charge is -2.34.